The van der Waals surface area contributed by atoms with Gasteiger partial charge in [0.15, 0.2) is 5.76 Å². The van der Waals surface area contributed by atoms with Gasteiger partial charge in [0.25, 0.3) is 5.22 Å². The van der Waals surface area contributed by atoms with Crippen LogP contribution in [0.2, 0.25) is 10.0 Å². The molecule has 1 heterocycles. The molecule has 0 spiro atoms. The van der Waals surface area contributed by atoms with Gasteiger partial charge in [0, 0.05) is 22.2 Å². The fraction of sp³-hybridized carbons (Fsp3) is 0.111. The molecule has 0 saturated carbocycles. The highest BCUT2D eigenvalue weighted by molar-refractivity contribution is 7.99. The van der Waals surface area contributed by atoms with Crippen molar-refractivity contribution in [2.24, 2.45) is 0 Å². The number of hydrogen-bond acceptors (Lipinski definition) is 4. The number of rotatable bonds is 6. The van der Waals surface area contributed by atoms with E-state index in [-0.39, 0.29) is 17.5 Å². The summed E-state index contributed by atoms with van der Waals surface area (Å²) < 4.78 is 18.5. The molecule has 1 amide bonds. The maximum absolute atomic E-state index is 12.9. The van der Waals surface area contributed by atoms with E-state index in [1.165, 1.54) is 23.9 Å². The van der Waals surface area contributed by atoms with Gasteiger partial charge in [-0.25, -0.2) is 9.37 Å². The molecule has 0 unspecified atom stereocenters. The number of carbonyl (C=O) groups is 1. The number of benzene rings is 2. The van der Waals surface area contributed by atoms with E-state index in [2.05, 4.69) is 10.3 Å². The molecule has 2 aromatic carbocycles. The van der Waals surface area contributed by atoms with Gasteiger partial charge in [-0.3, -0.25) is 4.79 Å². The first-order valence-electron chi connectivity index (χ1n) is 7.56. The zero-order valence-electron chi connectivity index (χ0n) is 13.3. The first-order chi connectivity index (χ1) is 12.5. The lowest BCUT2D eigenvalue weighted by molar-refractivity contribution is -0.118. The van der Waals surface area contributed by atoms with Gasteiger partial charge in [0.1, 0.15) is 5.82 Å². The molecule has 8 heteroatoms. The Morgan fingerprint density at radius 2 is 1.96 bits per heavy atom. The van der Waals surface area contributed by atoms with Gasteiger partial charge in [-0.05, 0) is 42.0 Å². The van der Waals surface area contributed by atoms with E-state index in [9.17, 15) is 9.18 Å². The van der Waals surface area contributed by atoms with Gasteiger partial charge in [-0.1, -0.05) is 41.0 Å². The van der Waals surface area contributed by atoms with Crippen molar-refractivity contribution in [2.45, 2.75) is 11.8 Å². The van der Waals surface area contributed by atoms with Crippen molar-refractivity contribution < 1.29 is 13.6 Å². The predicted molar refractivity (Wildman–Crippen MR) is 101 cm³/mol. The van der Waals surface area contributed by atoms with Crippen LogP contribution in [-0.2, 0) is 11.3 Å². The molecule has 0 saturated heterocycles. The van der Waals surface area contributed by atoms with Crippen LogP contribution in [0.1, 0.15) is 5.56 Å². The van der Waals surface area contributed by atoms with Crippen LogP contribution >= 0.6 is 35.0 Å². The molecule has 1 N–H and O–H groups in total. The molecule has 4 nitrogen and oxygen atoms in total. The van der Waals surface area contributed by atoms with Gasteiger partial charge in [0.05, 0.1) is 11.9 Å². The molecule has 3 rings (SSSR count). The summed E-state index contributed by atoms with van der Waals surface area (Å²) >= 11 is 13.1. The third-order valence-electron chi connectivity index (χ3n) is 3.43. The molecule has 0 aliphatic carbocycles. The second kappa shape index (κ2) is 8.58. The Balaban J connectivity index is 1.51. The topological polar surface area (TPSA) is 55.1 Å². The summed E-state index contributed by atoms with van der Waals surface area (Å²) in [7, 11) is 0. The smallest absolute Gasteiger partial charge is 0.256 e. The molecule has 3 aromatic rings. The number of amides is 1. The van der Waals surface area contributed by atoms with Crippen LogP contribution in [-0.4, -0.2) is 16.6 Å². The fourth-order valence-corrected chi connectivity index (χ4v) is 3.22. The number of oxazole rings is 1. The maximum Gasteiger partial charge on any atom is 0.256 e. The zero-order chi connectivity index (χ0) is 18.5. The second-order valence-corrected chi connectivity index (χ2v) is 7.07. The van der Waals surface area contributed by atoms with Crippen molar-refractivity contribution in [3.8, 4) is 11.3 Å². The van der Waals surface area contributed by atoms with Crippen molar-refractivity contribution in [2.75, 3.05) is 5.75 Å². The van der Waals surface area contributed by atoms with Crippen molar-refractivity contribution in [1.82, 2.24) is 10.3 Å². The number of nitrogens with zero attached hydrogens (tertiary/aromatic N) is 1. The average molecular weight is 411 g/mol. The van der Waals surface area contributed by atoms with E-state index in [1.807, 2.05) is 0 Å². The Kier molecular flexibility index (Phi) is 6.19. The Labute approximate surface area is 163 Å². The lowest BCUT2D eigenvalue weighted by atomic mass is 10.2. The number of halogens is 3. The second-order valence-electron chi connectivity index (χ2n) is 5.30. The van der Waals surface area contributed by atoms with Gasteiger partial charge in [-0.2, -0.15) is 0 Å². The highest BCUT2D eigenvalue weighted by atomic mass is 35.5. The summed E-state index contributed by atoms with van der Waals surface area (Å²) in [5, 5.41) is 4.19. The van der Waals surface area contributed by atoms with E-state index in [0.29, 0.717) is 33.1 Å². The number of hydrogen-bond donors (Lipinski definition) is 1. The van der Waals surface area contributed by atoms with Gasteiger partial charge < -0.3 is 9.73 Å². The van der Waals surface area contributed by atoms with Gasteiger partial charge >= 0.3 is 0 Å². The lowest BCUT2D eigenvalue weighted by Crippen LogP contribution is -2.24. The molecule has 0 aliphatic heterocycles. The third-order valence-corrected chi connectivity index (χ3v) is 4.86. The van der Waals surface area contributed by atoms with Crippen LogP contribution < -0.4 is 5.32 Å². The largest absolute Gasteiger partial charge is 0.431 e. The Hall–Kier alpha value is -2.02. The van der Waals surface area contributed by atoms with E-state index >= 15 is 0 Å². The minimum Gasteiger partial charge on any atom is -0.431 e. The van der Waals surface area contributed by atoms with E-state index in [0.717, 1.165) is 5.56 Å². The number of carbonyl (C=O) groups excluding carboxylic acids is 1. The number of aromatic nitrogens is 1. The summed E-state index contributed by atoms with van der Waals surface area (Å²) in [6, 6.07) is 11.0. The summed E-state index contributed by atoms with van der Waals surface area (Å²) in [6.45, 7) is 0.307. The van der Waals surface area contributed by atoms with Gasteiger partial charge in [-0.15, -0.1) is 0 Å². The Morgan fingerprint density at radius 1 is 1.19 bits per heavy atom. The molecular weight excluding hydrogens is 398 g/mol. The minimum atomic E-state index is -0.319. The molecule has 26 heavy (non-hydrogen) atoms. The van der Waals surface area contributed by atoms with Crippen LogP contribution in [0.4, 0.5) is 4.39 Å². The highest BCUT2D eigenvalue weighted by Gasteiger charge is 2.10. The van der Waals surface area contributed by atoms with E-state index in [4.69, 9.17) is 27.6 Å². The Bertz CT molecular complexity index is 916. The summed E-state index contributed by atoms with van der Waals surface area (Å²) in [5.74, 6) is 0.165. The summed E-state index contributed by atoms with van der Waals surface area (Å²) in [5.41, 5.74) is 1.50. The van der Waals surface area contributed by atoms with Gasteiger partial charge in [0.2, 0.25) is 5.91 Å². The van der Waals surface area contributed by atoms with Crippen molar-refractivity contribution in [1.29, 1.82) is 0 Å². The van der Waals surface area contributed by atoms with Crippen LogP contribution in [0.15, 0.2) is 58.3 Å². The zero-order valence-corrected chi connectivity index (χ0v) is 15.7. The van der Waals surface area contributed by atoms with Crippen LogP contribution in [0.25, 0.3) is 11.3 Å². The molecule has 0 bridgehead atoms. The summed E-state index contributed by atoms with van der Waals surface area (Å²) in [4.78, 5) is 16.1. The highest BCUT2D eigenvalue weighted by Crippen LogP contribution is 2.25. The third kappa shape index (κ3) is 5.00. The quantitative estimate of drug-likeness (QED) is 0.567. The molecule has 0 radical (unpaired) electrons. The molecule has 0 aliphatic rings. The van der Waals surface area contributed by atoms with Crippen LogP contribution in [0.5, 0.6) is 0 Å². The minimum absolute atomic E-state index is 0.147. The number of nitrogens with one attached hydrogen (secondary N) is 1. The normalized spacial score (nSPS) is 10.7. The molecule has 0 fully saturated rings. The van der Waals surface area contributed by atoms with Crippen molar-refractivity contribution in [3.05, 3.63) is 70.1 Å². The molecule has 1 aromatic heterocycles. The molecular formula is C18H13Cl2FN2O2S. The Morgan fingerprint density at radius 3 is 2.69 bits per heavy atom. The van der Waals surface area contributed by atoms with Crippen molar-refractivity contribution in [3.63, 3.8) is 0 Å². The average Bonchev–Trinajstić information content (AvgIpc) is 3.09. The van der Waals surface area contributed by atoms with E-state index < -0.39 is 0 Å². The standard InChI is InChI=1S/C18H13Cl2FN2O2S/c19-13-4-1-12(15(20)7-13)8-22-17(24)10-26-18-23-9-16(25-18)11-2-5-14(21)6-3-11/h1-7,9H,8,10H2,(H,22,24). The monoisotopic (exact) mass is 410 g/mol. The SMILES string of the molecule is O=C(CSc1ncc(-c2ccc(F)cc2)o1)NCc1ccc(Cl)cc1Cl. The summed E-state index contributed by atoms with van der Waals surface area (Å²) in [6.07, 6.45) is 1.54. The first-order valence-corrected chi connectivity index (χ1v) is 9.30. The number of thioether (sulfide) groups is 1. The first kappa shape index (κ1) is 18.8. The van der Waals surface area contributed by atoms with Crippen LogP contribution in [0, 0.1) is 5.82 Å². The lowest BCUT2D eigenvalue weighted by Gasteiger charge is -2.06. The van der Waals surface area contributed by atoms with Crippen LogP contribution in [0.3, 0.4) is 0 Å². The predicted octanol–water partition coefficient (Wildman–Crippen LogP) is 5.20. The van der Waals surface area contributed by atoms with Crippen molar-refractivity contribution >= 4 is 40.9 Å². The molecule has 134 valence electrons. The fourth-order valence-electron chi connectivity index (χ4n) is 2.11. The maximum atomic E-state index is 12.9. The van der Waals surface area contributed by atoms with E-state index in [1.54, 1.807) is 36.5 Å². The molecule has 0 atom stereocenters.